The van der Waals surface area contributed by atoms with Gasteiger partial charge in [0.2, 0.25) is 0 Å². The Bertz CT molecular complexity index is 537. The third-order valence-corrected chi connectivity index (χ3v) is 3.20. The number of methoxy groups -OCH3 is 1. The lowest BCUT2D eigenvalue weighted by molar-refractivity contribution is 0.185. The number of hydrogen-bond acceptors (Lipinski definition) is 3. The Morgan fingerprint density at radius 2 is 1.80 bits per heavy atom. The predicted octanol–water partition coefficient (Wildman–Crippen LogP) is 3.58. The van der Waals surface area contributed by atoms with Gasteiger partial charge in [0.15, 0.2) is 0 Å². The van der Waals surface area contributed by atoms with Crippen LogP contribution in [0.15, 0.2) is 48.5 Å². The van der Waals surface area contributed by atoms with Crippen molar-refractivity contribution in [2.24, 2.45) is 0 Å². The summed E-state index contributed by atoms with van der Waals surface area (Å²) in [5.41, 5.74) is 3.47. The van der Waals surface area contributed by atoms with Crippen molar-refractivity contribution in [2.45, 2.75) is 26.0 Å². The fraction of sp³-hybridized carbons (Fsp3) is 0.294. The molecule has 0 bridgehead atoms. The molecule has 0 fully saturated rings. The molecular formula is C17H21NO2. The summed E-state index contributed by atoms with van der Waals surface area (Å²) in [5, 5.41) is 12.8. The molecule has 1 unspecified atom stereocenters. The van der Waals surface area contributed by atoms with Crippen LogP contribution in [-0.2, 0) is 17.8 Å². The Labute approximate surface area is 120 Å². The van der Waals surface area contributed by atoms with Crippen LogP contribution in [0.4, 0.5) is 5.69 Å². The summed E-state index contributed by atoms with van der Waals surface area (Å²) < 4.78 is 5.21. The SMILES string of the molecule is COCc1ccccc1NC(C)Cc1ccc(O)cc1. The van der Waals surface area contributed by atoms with Crippen molar-refractivity contribution in [2.75, 3.05) is 12.4 Å². The highest BCUT2D eigenvalue weighted by Gasteiger charge is 2.07. The summed E-state index contributed by atoms with van der Waals surface area (Å²) in [5.74, 6) is 0.305. The van der Waals surface area contributed by atoms with E-state index >= 15 is 0 Å². The lowest BCUT2D eigenvalue weighted by atomic mass is 10.1. The van der Waals surface area contributed by atoms with Gasteiger partial charge in [-0.25, -0.2) is 0 Å². The maximum atomic E-state index is 9.29. The van der Waals surface area contributed by atoms with Crippen molar-refractivity contribution in [1.82, 2.24) is 0 Å². The molecule has 0 saturated carbocycles. The van der Waals surface area contributed by atoms with Crippen molar-refractivity contribution in [3.63, 3.8) is 0 Å². The molecule has 3 heteroatoms. The van der Waals surface area contributed by atoms with Gasteiger partial charge >= 0.3 is 0 Å². The molecule has 3 nitrogen and oxygen atoms in total. The van der Waals surface area contributed by atoms with Gasteiger partial charge in [0.25, 0.3) is 0 Å². The van der Waals surface area contributed by atoms with Gasteiger partial charge in [-0.3, -0.25) is 0 Å². The van der Waals surface area contributed by atoms with Crippen molar-refractivity contribution in [1.29, 1.82) is 0 Å². The number of hydrogen-bond donors (Lipinski definition) is 2. The van der Waals surface area contributed by atoms with Crippen molar-refractivity contribution >= 4 is 5.69 Å². The number of anilines is 1. The summed E-state index contributed by atoms with van der Waals surface area (Å²) in [6, 6.07) is 15.8. The second kappa shape index (κ2) is 6.96. The van der Waals surface area contributed by atoms with Crippen LogP contribution in [0.25, 0.3) is 0 Å². The van der Waals surface area contributed by atoms with Crippen molar-refractivity contribution < 1.29 is 9.84 Å². The summed E-state index contributed by atoms with van der Waals surface area (Å²) in [7, 11) is 1.71. The van der Waals surface area contributed by atoms with Crippen LogP contribution in [0.1, 0.15) is 18.1 Å². The molecule has 106 valence electrons. The average Bonchev–Trinajstić information content (AvgIpc) is 2.44. The van der Waals surface area contributed by atoms with Crippen LogP contribution in [0.2, 0.25) is 0 Å². The molecule has 0 aliphatic rings. The van der Waals surface area contributed by atoms with Crippen molar-refractivity contribution in [3.8, 4) is 5.75 Å². The van der Waals surface area contributed by atoms with Gasteiger partial charge < -0.3 is 15.2 Å². The zero-order chi connectivity index (χ0) is 14.4. The highest BCUT2D eigenvalue weighted by atomic mass is 16.5. The Hall–Kier alpha value is -2.00. The number of para-hydroxylation sites is 1. The van der Waals surface area contributed by atoms with Crippen LogP contribution >= 0.6 is 0 Å². The molecule has 20 heavy (non-hydrogen) atoms. The molecule has 2 N–H and O–H groups in total. The van der Waals surface area contributed by atoms with E-state index in [1.165, 1.54) is 5.56 Å². The van der Waals surface area contributed by atoms with E-state index in [0.29, 0.717) is 18.4 Å². The van der Waals surface area contributed by atoms with E-state index in [9.17, 15) is 5.11 Å². The largest absolute Gasteiger partial charge is 0.508 e. The highest BCUT2D eigenvalue weighted by Crippen LogP contribution is 2.18. The molecule has 0 aliphatic carbocycles. The zero-order valence-electron chi connectivity index (χ0n) is 12.0. The van der Waals surface area contributed by atoms with E-state index in [4.69, 9.17) is 4.74 Å². The minimum Gasteiger partial charge on any atom is -0.508 e. The zero-order valence-corrected chi connectivity index (χ0v) is 12.0. The van der Waals surface area contributed by atoms with Crippen LogP contribution in [0.5, 0.6) is 5.75 Å². The fourth-order valence-electron chi connectivity index (χ4n) is 2.24. The van der Waals surface area contributed by atoms with Gasteiger partial charge in [0, 0.05) is 24.4 Å². The van der Waals surface area contributed by atoms with Crippen LogP contribution < -0.4 is 5.32 Å². The second-order valence-electron chi connectivity index (χ2n) is 5.01. The first-order valence-electron chi connectivity index (χ1n) is 6.80. The van der Waals surface area contributed by atoms with E-state index in [2.05, 4.69) is 24.4 Å². The minimum atomic E-state index is 0.303. The summed E-state index contributed by atoms with van der Waals surface area (Å²) in [6.45, 7) is 2.76. The molecule has 2 rings (SSSR count). The quantitative estimate of drug-likeness (QED) is 0.843. The lowest BCUT2D eigenvalue weighted by Gasteiger charge is -2.18. The molecule has 0 aliphatic heterocycles. The first kappa shape index (κ1) is 14.4. The van der Waals surface area contributed by atoms with E-state index < -0.39 is 0 Å². The number of aromatic hydroxyl groups is 1. The molecular weight excluding hydrogens is 250 g/mol. The Balaban J connectivity index is 2.00. The monoisotopic (exact) mass is 271 g/mol. The summed E-state index contributed by atoms with van der Waals surface area (Å²) in [6.07, 6.45) is 0.904. The molecule has 0 aromatic heterocycles. The van der Waals surface area contributed by atoms with Crippen LogP contribution in [-0.4, -0.2) is 18.3 Å². The predicted molar refractivity (Wildman–Crippen MR) is 82.1 cm³/mol. The molecule has 0 spiro atoms. The molecule has 0 amide bonds. The third-order valence-electron chi connectivity index (χ3n) is 3.20. The molecule has 0 radical (unpaired) electrons. The molecule has 1 atom stereocenters. The number of phenolic OH excluding ortho intramolecular Hbond substituents is 1. The molecule has 0 heterocycles. The second-order valence-corrected chi connectivity index (χ2v) is 5.01. The summed E-state index contributed by atoms with van der Waals surface area (Å²) in [4.78, 5) is 0. The summed E-state index contributed by atoms with van der Waals surface area (Å²) >= 11 is 0. The van der Waals surface area contributed by atoms with Gasteiger partial charge in [-0.2, -0.15) is 0 Å². The topological polar surface area (TPSA) is 41.5 Å². The Morgan fingerprint density at radius 3 is 2.50 bits per heavy atom. The van der Waals surface area contributed by atoms with E-state index in [1.807, 2.05) is 24.3 Å². The lowest BCUT2D eigenvalue weighted by Crippen LogP contribution is -2.19. The van der Waals surface area contributed by atoms with Gasteiger partial charge in [0.1, 0.15) is 5.75 Å². The standard InChI is InChI=1S/C17H21NO2/c1-13(11-14-7-9-16(19)10-8-14)18-17-6-4-3-5-15(17)12-20-2/h3-10,13,18-19H,11-12H2,1-2H3. The third kappa shape index (κ3) is 4.00. The van der Waals surface area contributed by atoms with Crippen LogP contribution in [0.3, 0.4) is 0 Å². The van der Waals surface area contributed by atoms with Gasteiger partial charge in [-0.15, -0.1) is 0 Å². The minimum absolute atomic E-state index is 0.303. The van der Waals surface area contributed by atoms with Gasteiger partial charge in [-0.05, 0) is 37.1 Å². The maximum absolute atomic E-state index is 9.29. The average molecular weight is 271 g/mol. The molecule has 2 aromatic carbocycles. The van der Waals surface area contributed by atoms with Gasteiger partial charge in [0.05, 0.1) is 6.61 Å². The first-order valence-corrected chi connectivity index (χ1v) is 6.80. The molecule has 0 saturated heterocycles. The number of rotatable bonds is 6. The smallest absolute Gasteiger partial charge is 0.115 e. The van der Waals surface area contributed by atoms with E-state index in [0.717, 1.165) is 17.7 Å². The molecule has 2 aromatic rings. The maximum Gasteiger partial charge on any atom is 0.115 e. The number of nitrogens with one attached hydrogen (secondary N) is 1. The number of ether oxygens (including phenoxy) is 1. The number of phenols is 1. The van der Waals surface area contributed by atoms with Crippen molar-refractivity contribution in [3.05, 3.63) is 59.7 Å². The van der Waals surface area contributed by atoms with Gasteiger partial charge in [-0.1, -0.05) is 30.3 Å². The Morgan fingerprint density at radius 1 is 1.10 bits per heavy atom. The normalized spacial score (nSPS) is 12.1. The Kier molecular flexibility index (Phi) is 5.02. The van der Waals surface area contributed by atoms with Crippen LogP contribution in [0, 0.1) is 0 Å². The van der Waals surface area contributed by atoms with E-state index in [1.54, 1.807) is 19.2 Å². The highest BCUT2D eigenvalue weighted by molar-refractivity contribution is 5.51. The fourth-order valence-corrected chi connectivity index (χ4v) is 2.24. The number of benzene rings is 2. The first-order chi connectivity index (χ1) is 9.69. The van der Waals surface area contributed by atoms with E-state index in [-0.39, 0.29) is 0 Å².